The fourth-order valence-corrected chi connectivity index (χ4v) is 2.98. The number of rotatable bonds is 4. The average molecular weight is 366 g/mol. The fourth-order valence-electron chi connectivity index (χ4n) is 2.98. The molecule has 0 atom stereocenters. The van der Waals surface area contributed by atoms with Gasteiger partial charge in [0.25, 0.3) is 0 Å². The Bertz CT molecular complexity index is 916. The minimum absolute atomic E-state index is 0.627. The Morgan fingerprint density at radius 1 is 1.07 bits per heavy atom. The Kier molecular flexibility index (Phi) is 4.72. The Morgan fingerprint density at radius 3 is 2.52 bits per heavy atom. The van der Waals surface area contributed by atoms with Crippen LogP contribution in [0.1, 0.15) is 5.69 Å². The van der Waals surface area contributed by atoms with Gasteiger partial charge in [-0.15, -0.1) is 0 Å². The van der Waals surface area contributed by atoms with E-state index in [9.17, 15) is 0 Å². The van der Waals surface area contributed by atoms with Crippen LogP contribution in [0.4, 0.5) is 11.8 Å². The number of aryl methyl sites for hydroxylation is 1. The van der Waals surface area contributed by atoms with E-state index >= 15 is 0 Å². The van der Waals surface area contributed by atoms with Gasteiger partial charge in [-0.25, -0.2) is 15.0 Å². The summed E-state index contributed by atoms with van der Waals surface area (Å²) in [5, 5.41) is 3.99. The van der Waals surface area contributed by atoms with E-state index in [1.165, 1.54) is 0 Å². The number of hydrogen-bond donors (Lipinski definition) is 0. The summed E-state index contributed by atoms with van der Waals surface area (Å²) in [5.41, 5.74) is 3.28. The molecule has 1 aliphatic heterocycles. The van der Waals surface area contributed by atoms with Gasteiger partial charge in [0, 0.05) is 51.2 Å². The summed E-state index contributed by atoms with van der Waals surface area (Å²) >= 11 is 0. The number of ether oxygens (including phenoxy) is 1. The van der Waals surface area contributed by atoms with Gasteiger partial charge in [-0.1, -0.05) is 5.16 Å². The maximum absolute atomic E-state index is 5.45. The van der Waals surface area contributed by atoms with E-state index in [-0.39, 0.29) is 0 Å². The van der Waals surface area contributed by atoms with E-state index in [4.69, 9.17) is 14.2 Å². The highest BCUT2D eigenvalue weighted by atomic mass is 16.5. The second-order valence-corrected chi connectivity index (χ2v) is 6.66. The number of anilines is 2. The quantitative estimate of drug-likeness (QED) is 0.696. The van der Waals surface area contributed by atoms with Gasteiger partial charge in [-0.3, -0.25) is 0 Å². The third kappa shape index (κ3) is 3.61. The van der Waals surface area contributed by atoms with Gasteiger partial charge >= 0.3 is 0 Å². The van der Waals surface area contributed by atoms with E-state index in [1.54, 1.807) is 6.20 Å². The van der Waals surface area contributed by atoms with Crippen LogP contribution in [0.25, 0.3) is 22.6 Å². The molecule has 0 aromatic carbocycles. The molecule has 140 valence electrons. The Labute approximate surface area is 157 Å². The van der Waals surface area contributed by atoms with Crippen LogP contribution in [-0.4, -0.2) is 60.5 Å². The zero-order valence-corrected chi connectivity index (χ0v) is 15.7. The molecule has 0 N–H and O–H groups in total. The van der Waals surface area contributed by atoms with Crippen LogP contribution in [0.15, 0.2) is 35.1 Å². The van der Waals surface area contributed by atoms with Gasteiger partial charge in [-0.2, -0.15) is 0 Å². The van der Waals surface area contributed by atoms with E-state index in [1.807, 2.05) is 50.3 Å². The lowest BCUT2D eigenvalue weighted by atomic mass is 10.1. The monoisotopic (exact) mass is 366 g/mol. The Hall–Kier alpha value is -3.00. The highest BCUT2D eigenvalue weighted by Crippen LogP contribution is 2.32. The van der Waals surface area contributed by atoms with Crippen molar-refractivity contribution in [2.45, 2.75) is 6.92 Å². The van der Waals surface area contributed by atoms with E-state index in [0.717, 1.165) is 54.6 Å². The van der Waals surface area contributed by atoms with Gasteiger partial charge in [0.15, 0.2) is 5.76 Å². The zero-order chi connectivity index (χ0) is 18.8. The Morgan fingerprint density at radius 2 is 1.89 bits per heavy atom. The number of aromatic nitrogens is 4. The first-order valence-corrected chi connectivity index (χ1v) is 8.89. The van der Waals surface area contributed by atoms with Crippen molar-refractivity contribution in [3.05, 3.63) is 36.3 Å². The molecule has 0 saturated carbocycles. The molecule has 1 saturated heterocycles. The molecule has 1 aliphatic rings. The lowest BCUT2D eigenvalue weighted by Gasteiger charge is -2.27. The summed E-state index contributed by atoms with van der Waals surface area (Å²) in [5.74, 6) is 2.22. The summed E-state index contributed by atoms with van der Waals surface area (Å²) in [6, 6.07) is 5.94. The number of nitrogens with zero attached hydrogens (tertiary/aromatic N) is 6. The van der Waals surface area contributed by atoms with Crippen molar-refractivity contribution in [3.8, 4) is 22.6 Å². The van der Waals surface area contributed by atoms with Crippen LogP contribution >= 0.6 is 0 Å². The molecule has 8 heteroatoms. The molecule has 27 heavy (non-hydrogen) atoms. The largest absolute Gasteiger partial charge is 0.378 e. The first kappa shape index (κ1) is 17.4. The molecule has 4 heterocycles. The standard InChI is InChI=1S/C19H22N6O2/c1-13-10-16(27-23-13)15-12-21-19(24(2)3)22-18(15)14-4-5-17(20-11-14)25-6-8-26-9-7-25/h4-5,10-12H,6-9H2,1-3H3. The van der Waals surface area contributed by atoms with Crippen molar-refractivity contribution < 1.29 is 9.26 Å². The van der Waals surface area contributed by atoms with E-state index in [0.29, 0.717) is 11.7 Å². The number of pyridine rings is 1. The second-order valence-electron chi connectivity index (χ2n) is 6.66. The van der Waals surface area contributed by atoms with Crippen molar-refractivity contribution in [1.82, 2.24) is 20.1 Å². The van der Waals surface area contributed by atoms with Gasteiger partial charge in [-0.05, 0) is 19.1 Å². The summed E-state index contributed by atoms with van der Waals surface area (Å²) in [4.78, 5) is 17.9. The van der Waals surface area contributed by atoms with Crippen LogP contribution in [0, 0.1) is 6.92 Å². The zero-order valence-electron chi connectivity index (χ0n) is 15.7. The molecule has 8 nitrogen and oxygen atoms in total. The van der Waals surface area contributed by atoms with Gasteiger partial charge in [0.1, 0.15) is 5.82 Å². The molecule has 3 aromatic rings. The highest BCUT2D eigenvalue weighted by molar-refractivity contribution is 5.78. The van der Waals surface area contributed by atoms with Crippen molar-refractivity contribution in [2.24, 2.45) is 0 Å². The summed E-state index contributed by atoms with van der Waals surface area (Å²) in [7, 11) is 3.83. The summed E-state index contributed by atoms with van der Waals surface area (Å²) in [6.45, 7) is 5.06. The normalized spacial score (nSPS) is 14.4. The van der Waals surface area contributed by atoms with Crippen LogP contribution < -0.4 is 9.80 Å². The molecule has 0 radical (unpaired) electrons. The van der Waals surface area contributed by atoms with Crippen LogP contribution in [0.2, 0.25) is 0 Å². The molecule has 4 rings (SSSR count). The average Bonchev–Trinajstić information content (AvgIpc) is 3.14. The van der Waals surface area contributed by atoms with Gasteiger partial charge in [0.05, 0.1) is 30.2 Å². The fraction of sp³-hybridized carbons (Fsp3) is 0.368. The van der Waals surface area contributed by atoms with E-state index in [2.05, 4.69) is 20.0 Å². The van der Waals surface area contributed by atoms with Crippen LogP contribution in [0.3, 0.4) is 0 Å². The maximum Gasteiger partial charge on any atom is 0.225 e. The lowest BCUT2D eigenvalue weighted by Crippen LogP contribution is -2.36. The van der Waals surface area contributed by atoms with Crippen molar-refractivity contribution >= 4 is 11.8 Å². The second kappa shape index (κ2) is 7.32. The minimum Gasteiger partial charge on any atom is -0.378 e. The van der Waals surface area contributed by atoms with Gasteiger partial charge in [0.2, 0.25) is 5.95 Å². The highest BCUT2D eigenvalue weighted by Gasteiger charge is 2.17. The molecule has 0 unspecified atom stereocenters. The topological polar surface area (TPSA) is 80.4 Å². The molecule has 3 aromatic heterocycles. The van der Waals surface area contributed by atoms with Crippen molar-refractivity contribution in [3.63, 3.8) is 0 Å². The van der Waals surface area contributed by atoms with Gasteiger partial charge < -0.3 is 19.1 Å². The Balaban J connectivity index is 1.73. The molecular weight excluding hydrogens is 344 g/mol. The SMILES string of the molecule is Cc1cc(-c2cnc(N(C)C)nc2-c2ccc(N3CCOCC3)nc2)on1. The smallest absolute Gasteiger partial charge is 0.225 e. The maximum atomic E-state index is 5.45. The first-order chi connectivity index (χ1) is 13.1. The molecule has 0 spiro atoms. The number of hydrogen-bond acceptors (Lipinski definition) is 8. The third-order valence-electron chi connectivity index (χ3n) is 4.43. The molecule has 0 amide bonds. The third-order valence-corrected chi connectivity index (χ3v) is 4.43. The predicted molar refractivity (Wildman–Crippen MR) is 103 cm³/mol. The van der Waals surface area contributed by atoms with Crippen molar-refractivity contribution in [2.75, 3.05) is 50.2 Å². The summed E-state index contributed by atoms with van der Waals surface area (Å²) in [6.07, 6.45) is 3.62. The number of morpholine rings is 1. The van der Waals surface area contributed by atoms with Crippen LogP contribution in [-0.2, 0) is 4.74 Å². The van der Waals surface area contributed by atoms with Crippen molar-refractivity contribution in [1.29, 1.82) is 0 Å². The molecular formula is C19H22N6O2. The molecule has 0 aliphatic carbocycles. The predicted octanol–water partition coefficient (Wildman–Crippen LogP) is 2.40. The summed E-state index contributed by atoms with van der Waals surface area (Å²) < 4.78 is 10.9. The molecule has 1 fully saturated rings. The lowest BCUT2D eigenvalue weighted by molar-refractivity contribution is 0.122. The van der Waals surface area contributed by atoms with Crippen LogP contribution in [0.5, 0.6) is 0 Å². The van der Waals surface area contributed by atoms with E-state index < -0.39 is 0 Å². The minimum atomic E-state index is 0.627. The first-order valence-electron chi connectivity index (χ1n) is 8.89. The molecule has 0 bridgehead atoms.